The van der Waals surface area contributed by atoms with Crippen molar-refractivity contribution in [1.29, 1.82) is 0 Å². The summed E-state index contributed by atoms with van der Waals surface area (Å²) in [6.45, 7) is 5.25. The maximum Gasteiger partial charge on any atom is 0.573 e. The van der Waals surface area contributed by atoms with Crippen LogP contribution in [-0.4, -0.2) is 38.6 Å². The molecule has 2 aromatic rings. The number of benzene rings is 2. The second-order valence-corrected chi connectivity index (χ2v) is 7.98. The van der Waals surface area contributed by atoms with Crippen LogP contribution in [0.15, 0.2) is 36.4 Å². The maximum atomic E-state index is 13.0. The number of halogens is 3. The van der Waals surface area contributed by atoms with Gasteiger partial charge in [-0.1, -0.05) is 12.1 Å². The highest BCUT2D eigenvalue weighted by Crippen LogP contribution is 2.44. The highest BCUT2D eigenvalue weighted by molar-refractivity contribution is 5.98. The average Bonchev–Trinajstić information content (AvgIpc) is 3.57. The van der Waals surface area contributed by atoms with Crippen molar-refractivity contribution in [2.75, 3.05) is 31.2 Å². The van der Waals surface area contributed by atoms with Gasteiger partial charge in [0.25, 0.3) is 5.91 Å². The van der Waals surface area contributed by atoms with Gasteiger partial charge in [-0.25, -0.2) is 0 Å². The number of carbonyl (C=O) groups is 1. The summed E-state index contributed by atoms with van der Waals surface area (Å²) < 4.78 is 46.2. The van der Waals surface area contributed by atoms with Crippen LogP contribution in [0.2, 0.25) is 0 Å². The Labute approximate surface area is 179 Å². The van der Waals surface area contributed by atoms with E-state index < -0.39 is 6.36 Å². The van der Waals surface area contributed by atoms with Gasteiger partial charge in [-0.3, -0.25) is 4.79 Å². The molecule has 1 amide bonds. The van der Waals surface area contributed by atoms with Crippen LogP contribution in [0.25, 0.3) is 0 Å². The van der Waals surface area contributed by atoms with E-state index in [4.69, 9.17) is 4.74 Å². The Morgan fingerprint density at radius 2 is 1.84 bits per heavy atom. The molecule has 1 N–H and O–H groups in total. The van der Waals surface area contributed by atoms with Gasteiger partial charge in [-0.15, -0.1) is 13.2 Å². The third-order valence-corrected chi connectivity index (χ3v) is 5.58. The second-order valence-electron chi connectivity index (χ2n) is 7.98. The Hall–Kier alpha value is -2.74. The fourth-order valence-electron chi connectivity index (χ4n) is 3.91. The number of rotatable bonds is 6. The Morgan fingerprint density at radius 1 is 1.16 bits per heavy atom. The molecule has 2 aromatic carbocycles. The SMILES string of the molecule is Cc1cc(N2CCOCC2)cc(C2CC2)c1C(=O)NCc1ccc(OC(F)(F)F)cc1. The van der Waals surface area contributed by atoms with Crippen molar-refractivity contribution >= 4 is 11.6 Å². The normalized spacial score (nSPS) is 16.8. The number of aryl methyl sites for hydroxylation is 1. The zero-order valence-electron chi connectivity index (χ0n) is 17.3. The lowest BCUT2D eigenvalue weighted by Crippen LogP contribution is -2.36. The van der Waals surface area contributed by atoms with Crippen LogP contribution in [0.3, 0.4) is 0 Å². The number of hydrogen-bond donors (Lipinski definition) is 1. The topological polar surface area (TPSA) is 50.8 Å². The zero-order chi connectivity index (χ0) is 22.0. The number of hydrogen-bond acceptors (Lipinski definition) is 4. The number of alkyl halides is 3. The molecule has 1 aliphatic heterocycles. The monoisotopic (exact) mass is 434 g/mol. The number of amides is 1. The number of ether oxygens (including phenoxy) is 2. The largest absolute Gasteiger partial charge is 0.573 e. The molecule has 1 heterocycles. The second kappa shape index (κ2) is 8.78. The van der Waals surface area contributed by atoms with Gasteiger partial charge < -0.3 is 19.7 Å². The van der Waals surface area contributed by atoms with Gasteiger partial charge in [0.05, 0.1) is 13.2 Å². The first kappa shape index (κ1) is 21.5. The van der Waals surface area contributed by atoms with Crippen LogP contribution in [0, 0.1) is 6.92 Å². The number of carbonyl (C=O) groups excluding carboxylic acids is 1. The zero-order valence-corrected chi connectivity index (χ0v) is 17.3. The van der Waals surface area contributed by atoms with Crippen molar-refractivity contribution in [2.24, 2.45) is 0 Å². The van der Waals surface area contributed by atoms with E-state index in [2.05, 4.69) is 27.1 Å². The lowest BCUT2D eigenvalue weighted by atomic mass is 9.96. The average molecular weight is 434 g/mol. The van der Waals surface area contributed by atoms with Crippen LogP contribution in [0.1, 0.15) is 45.8 Å². The van der Waals surface area contributed by atoms with Crippen molar-refractivity contribution in [2.45, 2.75) is 38.6 Å². The van der Waals surface area contributed by atoms with Crippen LogP contribution in [-0.2, 0) is 11.3 Å². The molecule has 166 valence electrons. The van der Waals surface area contributed by atoms with E-state index in [-0.39, 0.29) is 18.2 Å². The Kier molecular flexibility index (Phi) is 6.09. The number of nitrogens with one attached hydrogen (secondary N) is 1. The molecule has 1 saturated carbocycles. The standard InChI is InChI=1S/C23H25F3N2O3/c1-15-12-18(28-8-10-30-11-9-28)13-20(17-4-5-17)21(15)22(29)27-14-16-2-6-19(7-3-16)31-23(24,25)26/h2-3,6-7,12-13,17H,4-5,8-11,14H2,1H3,(H,27,29). The molecule has 0 aromatic heterocycles. The molecular weight excluding hydrogens is 409 g/mol. The molecule has 1 aliphatic carbocycles. The fraction of sp³-hybridized carbons (Fsp3) is 0.435. The van der Waals surface area contributed by atoms with E-state index in [1.165, 1.54) is 24.3 Å². The molecule has 1 saturated heterocycles. The lowest BCUT2D eigenvalue weighted by molar-refractivity contribution is -0.274. The number of nitrogens with zero attached hydrogens (tertiary/aromatic N) is 1. The van der Waals surface area contributed by atoms with Gasteiger partial charge in [0, 0.05) is 30.9 Å². The summed E-state index contributed by atoms with van der Waals surface area (Å²) in [5.74, 6) is -0.0454. The van der Waals surface area contributed by atoms with Crippen molar-refractivity contribution in [1.82, 2.24) is 5.32 Å². The van der Waals surface area contributed by atoms with E-state index in [9.17, 15) is 18.0 Å². The number of morpholine rings is 1. The smallest absolute Gasteiger partial charge is 0.406 e. The summed E-state index contributed by atoms with van der Waals surface area (Å²) >= 11 is 0. The third kappa shape index (κ3) is 5.50. The predicted molar refractivity (Wildman–Crippen MR) is 110 cm³/mol. The van der Waals surface area contributed by atoms with Crippen LogP contribution < -0.4 is 15.0 Å². The molecule has 4 rings (SSSR count). The molecule has 8 heteroatoms. The summed E-state index contributed by atoms with van der Waals surface area (Å²) in [5, 5.41) is 2.91. The van der Waals surface area contributed by atoms with Crippen LogP contribution in [0.4, 0.5) is 18.9 Å². The van der Waals surface area contributed by atoms with Crippen molar-refractivity contribution < 1.29 is 27.4 Å². The Balaban J connectivity index is 1.46. The molecular formula is C23H25F3N2O3. The molecule has 5 nitrogen and oxygen atoms in total. The molecule has 0 unspecified atom stereocenters. The molecule has 0 bridgehead atoms. The summed E-state index contributed by atoms with van der Waals surface area (Å²) in [7, 11) is 0. The van der Waals surface area contributed by atoms with Gasteiger partial charge in [0.1, 0.15) is 5.75 Å². The Bertz CT molecular complexity index is 934. The first-order valence-electron chi connectivity index (χ1n) is 10.4. The number of anilines is 1. The predicted octanol–water partition coefficient (Wildman–Crippen LogP) is 4.54. The van der Waals surface area contributed by atoms with E-state index in [1.807, 2.05) is 6.92 Å². The minimum atomic E-state index is -4.72. The van der Waals surface area contributed by atoms with Crippen molar-refractivity contribution in [3.8, 4) is 5.75 Å². The highest BCUT2D eigenvalue weighted by Gasteiger charge is 2.31. The molecule has 2 fully saturated rings. The van der Waals surface area contributed by atoms with Gasteiger partial charge in [-0.05, 0) is 66.6 Å². The van der Waals surface area contributed by atoms with E-state index in [1.54, 1.807) is 0 Å². The molecule has 0 spiro atoms. The van der Waals surface area contributed by atoms with Gasteiger partial charge in [0.15, 0.2) is 0 Å². The molecule has 0 atom stereocenters. The van der Waals surface area contributed by atoms with E-state index in [0.717, 1.165) is 42.7 Å². The fourth-order valence-corrected chi connectivity index (χ4v) is 3.91. The first-order valence-corrected chi connectivity index (χ1v) is 10.4. The summed E-state index contributed by atoms with van der Waals surface area (Å²) in [6.07, 6.45) is -2.57. The van der Waals surface area contributed by atoms with E-state index >= 15 is 0 Å². The van der Waals surface area contributed by atoms with Crippen molar-refractivity contribution in [3.63, 3.8) is 0 Å². The summed E-state index contributed by atoms with van der Waals surface area (Å²) in [6, 6.07) is 9.69. The highest BCUT2D eigenvalue weighted by atomic mass is 19.4. The van der Waals surface area contributed by atoms with Gasteiger partial charge in [0.2, 0.25) is 0 Å². The quantitative estimate of drug-likeness (QED) is 0.726. The Morgan fingerprint density at radius 3 is 2.45 bits per heavy atom. The maximum absolute atomic E-state index is 13.0. The minimum Gasteiger partial charge on any atom is -0.406 e. The van der Waals surface area contributed by atoms with E-state index in [0.29, 0.717) is 30.3 Å². The molecule has 31 heavy (non-hydrogen) atoms. The third-order valence-electron chi connectivity index (χ3n) is 5.58. The molecule has 0 radical (unpaired) electrons. The first-order chi connectivity index (χ1) is 14.8. The summed E-state index contributed by atoms with van der Waals surface area (Å²) in [4.78, 5) is 15.3. The lowest BCUT2D eigenvalue weighted by Gasteiger charge is -2.30. The van der Waals surface area contributed by atoms with Gasteiger partial charge >= 0.3 is 6.36 Å². The molecule has 2 aliphatic rings. The minimum absolute atomic E-state index is 0.163. The van der Waals surface area contributed by atoms with Crippen LogP contribution in [0.5, 0.6) is 5.75 Å². The van der Waals surface area contributed by atoms with Gasteiger partial charge in [-0.2, -0.15) is 0 Å². The van der Waals surface area contributed by atoms with Crippen molar-refractivity contribution in [3.05, 3.63) is 58.7 Å². The van der Waals surface area contributed by atoms with Crippen LogP contribution >= 0.6 is 0 Å². The summed E-state index contributed by atoms with van der Waals surface area (Å²) in [5.41, 5.74) is 4.53.